The molecule has 0 spiro atoms. The van der Waals surface area contributed by atoms with Crippen molar-refractivity contribution in [3.8, 4) is 0 Å². The van der Waals surface area contributed by atoms with Crippen LogP contribution in [0.5, 0.6) is 0 Å². The van der Waals surface area contributed by atoms with Gasteiger partial charge in [-0.05, 0) is 12.1 Å². The number of carbonyl (C=O) groups is 4. The lowest BCUT2D eigenvalue weighted by atomic mass is 10.1. The molecule has 2 atom stereocenters. The number of hydrogen-bond acceptors (Lipinski definition) is 6. The van der Waals surface area contributed by atoms with Gasteiger partial charge in [0.25, 0.3) is 11.8 Å². The number of carboxylic acid groups (broad SMARTS) is 2. The molecule has 0 saturated carbocycles. The molecule has 1 aromatic rings. The zero-order valence-corrected chi connectivity index (χ0v) is 12.3. The molecule has 0 bridgehead atoms. The summed E-state index contributed by atoms with van der Waals surface area (Å²) in [5, 5.41) is 39.5. The number of aliphatic carboxylic acids is 2. The molecule has 0 aliphatic carbocycles. The second-order valence-corrected chi connectivity index (χ2v) is 4.64. The molecule has 130 valence electrons. The third-order valence-electron chi connectivity index (χ3n) is 2.99. The summed E-state index contributed by atoms with van der Waals surface area (Å²) in [6, 6.07) is 2.18. The van der Waals surface area contributed by atoms with Crippen molar-refractivity contribution < 1.29 is 39.6 Å². The largest absolute Gasteiger partial charge is 0.480 e. The first-order valence-electron chi connectivity index (χ1n) is 6.69. The van der Waals surface area contributed by atoms with Crippen molar-refractivity contribution in [1.82, 2.24) is 10.6 Å². The Hall–Kier alpha value is -2.98. The fourth-order valence-electron chi connectivity index (χ4n) is 1.72. The van der Waals surface area contributed by atoms with Crippen LogP contribution < -0.4 is 10.6 Å². The predicted molar refractivity (Wildman–Crippen MR) is 78.4 cm³/mol. The Morgan fingerprint density at radius 1 is 0.792 bits per heavy atom. The minimum Gasteiger partial charge on any atom is -0.480 e. The highest BCUT2D eigenvalue weighted by Gasteiger charge is 2.25. The lowest BCUT2D eigenvalue weighted by Crippen LogP contribution is -2.45. The summed E-state index contributed by atoms with van der Waals surface area (Å²) in [4.78, 5) is 45.9. The van der Waals surface area contributed by atoms with Crippen molar-refractivity contribution in [2.45, 2.75) is 12.1 Å². The van der Waals surface area contributed by atoms with Gasteiger partial charge in [-0.2, -0.15) is 0 Å². The smallest absolute Gasteiger partial charge is 0.328 e. The lowest BCUT2D eigenvalue weighted by molar-refractivity contribution is -0.141. The van der Waals surface area contributed by atoms with Crippen molar-refractivity contribution in [1.29, 1.82) is 0 Å². The highest BCUT2D eigenvalue weighted by atomic mass is 16.4. The van der Waals surface area contributed by atoms with Gasteiger partial charge >= 0.3 is 11.9 Å². The van der Waals surface area contributed by atoms with Gasteiger partial charge in [0.2, 0.25) is 0 Å². The molecule has 0 saturated heterocycles. The van der Waals surface area contributed by atoms with Crippen molar-refractivity contribution in [2.75, 3.05) is 13.2 Å². The van der Waals surface area contributed by atoms with Crippen LogP contribution >= 0.6 is 0 Å². The Kier molecular flexibility index (Phi) is 6.83. The summed E-state index contributed by atoms with van der Waals surface area (Å²) < 4.78 is 0. The number of carbonyl (C=O) groups excluding carboxylic acids is 2. The molecular weight excluding hydrogens is 324 g/mol. The predicted octanol–water partition coefficient (Wildman–Crippen LogP) is -1.96. The second kappa shape index (κ2) is 8.60. The minimum atomic E-state index is -1.56. The van der Waals surface area contributed by atoms with E-state index in [0.717, 1.165) is 0 Å². The van der Waals surface area contributed by atoms with Gasteiger partial charge in [0.15, 0.2) is 12.1 Å². The summed E-state index contributed by atoms with van der Waals surface area (Å²) in [7, 11) is 0. The Morgan fingerprint density at radius 2 is 1.12 bits per heavy atom. The number of amides is 2. The number of aliphatic hydroxyl groups excluding tert-OH is 2. The van der Waals surface area contributed by atoms with E-state index < -0.39 is 49.1 Å². The van der Waals surface area contributed by atoms with Crippen molar-refractivity contribution in [3.05, 3.63) is 35.4 Å². The number of carboxylic acids is 2. The van der Waals surface area contributed by atoms with Crippen LogP contribution in [0.15, 0.2) is 24.3 Å². The maximum absolute atomic E-state index is 12.1. The first-order chi connectivity index (χ1) is 11.3. The lowest BCUT2D eigenvalue weighted by Gasteiger charge is -2.15. The Labute approximate surface area is 135 Å². The van der Waals surface area contributed by atoms with E-state index in [1.807, 2.05) is 10.6 Å². The zero-order valence-electron chi connectivity index (χ0n) is 12.3. The molecule has 24 heavy (non-hydrogen) atoms. The molecule has 0 aliphatic heterocycles. The molecule has 10 nitrogen and oxygen atoms in total. The molecule has 0 radical (unpaired) electrons. The van der Waals surface area contributed by atoms with E-state index in [-0.39, 0.29) is 11.1 Å². The van der Waals surface area contributed by atoms with Crippen LogP contribution in [0.1, 0.15) is 20.7 Å². The monoisotopic (exact) mass is 340 g/mol. The minimum absolute atomic E-state index is 0.211. The standard InChI is InChI=1S/C14H16N2O8/c17-5-9(13(21)22)15-11(19)7-3-1-2-4-8(7)12(20)16-10(6-18)14(23)24/h1-4,9-10,17-18H,5-6H2,(H,15,19)(H,16,20)(H,21,22)(H,23,24)/t9-,10-/m0/s1. The van der Waals surface area contributed by atoms with Gasteiger partial charge in [-0.3, -0.25) is 9.59 Å². The molecule has 0 aromatic heterocycles. The number of hydrogen-bond donors (Lipinski definition) is 6. The molecule has 0 fully saturated rings. The first-order valence-corrected chi connectivity index (χ1v) is 6.69. The van der Waals surface area contributed by atoms with Gasteiger partial charge in [0.1, 0.15) is 0 Å². The van der Waals surface area contributed by atoms with Crippen molar-refractivity contribution in [2.24, 2.45) is 0 Å². The Balaban J connectivity index is 3.03. The summed E-state index contributed by atoms with van der Waals surface area (Å²) in [5.41, 5.74) is -0.423. The summed E-state index contributed by atoms with van der Waals surface area (Å²) in [6.45, 7) is -1.69. The van der Waals surface area contributed by atoms with Gasteiger partial charge in [-0.15, -0.1) is 0 Å². The summed E-state index contributed by atoms with van der Waals surface area (Å²) in [5.74, 6) is -4.78. The number of benzene rings is 1. The van der Waals surface area contributed by atoms with Crippen LogP contribution in [-0.4, -0.2) is 69.5 Å². The second-order valence-electron chi connectivity index (χ2n) is 4.64. The van der Waals surface area contributed by atoms with Crippen molar-refractivity contribution >= 4 is 23.8 Å². The quantitative estimate of drug-likeness (QED) is 0.316. The molecule has 0 unspecified atom stereocenters. The Morgan fingerprint density at radius 3 is 1.38 bits per heavy atom. The van der Waals surface area contributed by atoms with Gasteiger partial charge in [0, 0.05) is 0 Å². The maximum atomic E-state index is 12.1. The van der Waals surface area contributed by atoms with E-state index >= 15 is 0 Å². The van der Waals surface area contributed by atoms with Crippen LogP contribution in [0, 0.1) is 0 Å². The van der Waals surface area contributed by atoms with Crippen LogP contribution in [0.2, 0.25) is 0 Å². The number of nitrogens with one attached hydrogen (secondary N) is 2. The number of rotatable bonds is 8. The fraction of sp³-hybridized carbons (Fsp3) is 0.286. The number of aliphatic hydroxyl groups is 2. The highest BCUT2D eigenvalue weighted by Crippen LogP contribution is 2.09. The molecule has 0 heterocycles. The zero-order chi connectivity index (χ0) is 18.3. The third kappa shape index (κ3) is 4.76. The first kappa shape index (κ1) is 19.1. The van der Waals surface area contributed by atoms with E-state index in [9.17, 15) is 19.2 Å². The van der Waals surface area contributed by atoms with E-state index in [2.05, 4.69) is 0 Å². The van der Waals surface area contributed by atoms with Gasteiger partial charge in [-0.25, -0.2) is 9.59 Å². The molecule has 10 heteroatoms. The fourth-order valence-corrected chi connectivity index (χ4v) is 1.72. The molecule has 0 aliphatic rings. The molecule has 1 aromatic carbocycles. The molecular formula is C14H16N2O8. The molecule has 1 rings (SSSR count). The molecule has 6 N–H and O–H groups in total. The SMILES string of the molecule is O=C(N[C@@H](CO)C(=O)O)c1ccccc1C(=O)N[C@@H](CO)C(=O)O. The average molecular weight is 340 g/mol. The van der Waals surface area contributed by atoms with Crippen molar-refractivity contribution in [3.63, 3.8) is 0 Å². The van der Waals surface area contributed by atoms with E-state index in [0.29, 0.717) is 0 Å². The summed E-state index contributed by atoms with van der Waals surface area (Å²) in [6.07, 6.45) is 0. The van der Waals surface area contributed by atoms with Gasteiger partial charge in [-0.1, -0.05) is 12.1 Å². The van der Waals surface area contributed by atoms with Crippen LogP contribution in [0.4, 0.5) is 0 Å². The van der Waals surface area contributed by atoms with Gasteiger partial charge < -0.3 is 31.1 Å². The summed E-state index contributed by atoms with van der Waals surface area (Å²) >= 11 is 0. The topological polar surface area (TPSA) is 173 Å². The van der Waals surface area contributed by atoms with E-state index in [4.69, 9.17) is 20.4 Å². The van der Waals surface area contributed by atoms with E-state index in [1.165, 1.54) is 24.3 Å². The van der Waals surface area contributed by atoms with Crippen LogP contribution in [0.25, 0.3) is 0 Å². The molecule has 2 amide bonds. The average Bonchev–Trinajstić information content (AvgIpc) is 2.56. The Bertz CT molecular complexity index is 590. The van der Waals surface area contributed by atoms with Crippen LogP contribution in [0.3, 0.4) is 0 Å². The third-order valence-corrected chi connectivity index (χ3v) is 2.99. The highest BCUT2D eigenvalue weighted by molar-refractivity contribution is 6.08. The normalized spacial score (nSPS) is 12.8. The maximum Gasteiger partial charge on any atom is 0.328 e. The van der Waals surface area contributed by atoms with Crippen LogP contribution in [-0.2, 0) is 9.59 Å². The van der Waals surface area contributed by atoms with Gasteiger partial charge in [0.05, 0.1) is 24.3 Å². The van der Waals surface area contributed by atoms with E-state index in [1.54, 1.807) is 0 Å².